The Labute approximate surface area is 425 Å². The van der Waals surface area contributed by atoms with Gasteiger partial charge in [-0.05, 0) is 129 Å². The van der Waals surface area contributed by atoms with Crippen molar-refractivity contribution < 1.29 is 42.9 Å². The van der Waals surface area contributed by atoms with Crippen molar-refractivity contribution in [1.82, 2.24) is 21.3 Å². The summed E-state index contributed by atoms with van der Waals surface area (Å²) in [5, 5.41) is 11.3. The number of alkyl carbamates (subject to hydrolysis) is 1. The molecule has 4 aliphatic rings. The van der Waals surface area contributed by atoms with E-state index in [4.69, 9.17) is 23.7 Å². The highest BCUT2D eigenvalue weighted by Gasteiger charge is 2.58. The Balaban J connectivity index is 0.00000269. The third kappa shape index (κ3) is 20.8. The lowest BCUT2D eigenvalue weighted by molar-refractivity contribution is -0.126. The lowest BCUT2D eigenvalue weighted by Crippen LogP contribution is -2.50. The summed E-state index contributed by atoms with van der Waals surface area (Å²) >= 11 is 0. The van der Waals surface area contributed by atoms with Crippen LogP contribution in [-0.4, -0.2) is 103 Å². The van der Waals surface area contributed by atoms with Crippen molar-refractivity contribution in [2.75, 3.05) is 72.9 Å². The monoisotopic (exact) mass is 985 g/mol. The fourth-order valence-electron chi connectivity index (χ4n) is 11.4. The quantitative estimate of drug-likeness (QED) is 0.0473. The molecule has 70 heavy (non-hydrogen) atoms. The number of benzene rings is 1. The number of nitrogens with one attached hydrogen (secondary N) is 4. The Kier molecular flexibility index (Phi) is 31.6. The van der Waals surface area contributed by atoms with Crippen molar-refractivity contribution in [2.45, 2.75) is 178 Å². The average molecular weight is 985 g/mol. The first-order valence-electron chi connectivity index (χ1n) is 27.8. The van der Waals surface area contributed by atoms with Crippen LogP contribution in [0.4, 0.5) is 4.79 Å². The van der Waals surface area contributed by atoms with Crippen molar-refractivity contribution in [3.05, 3.63) is 41.5 Å². The van der Waals surface area contributed by atoms with Gasteiger partial charge in [0.2, 0.25) is 11.8 Å². The molecule has 1 aromatic carbocycles. The van der Waals surface area contributed by atoms with Crippen LogP contribution >= 0.6 is 0 Å². The van der Waals surface area contributed by atoms with Gasteiger partial charge in [-0.15, -0.1) is 0 Å². The van der Waals surface area contributed by atoms with E-state index in [-0.39, 0.29) is 48.2 Å². The van der Waals surface area contributed by atoms with E-state index in [0.717, 1.165) is 48.9 Å². The largest absolute Gasteiger partial charge is 0.497 e. The van der Waals surface area contributed by atoms with Crippen molar-refractivity contribution >= 4 is 23.8 Å². The van der Waals surface area contributed by atoms with Gasteiger partial charge in [0.1, 0.15) is 11.9 Å². The van der Waals surface area contributed by atoms with Gasteiger partial charge in [-0.3, -0.25) is 14.4 Å². The maximum atomic E-state index is 12.7. The molecule has 4 amide bonds. The minimum atomic E-state index is -0.328. The first-order valence-corrected chi connectivity index (χ1v) is 27.8. The van der Waals surface area contributed by atoms with E-state index in [1.54, 1.807) is 36.9 Å². The van der Waals surface area contributed by atoms with Crippen LogP contribution in [0.1, 0.15) is 182 Å². The number of hydrogen-bond donors (Lipinski definition) is 4. The van der Waals surface area contributed by atoms with Crippen molar-refractivity contribution in [3.63, 3.8) is 0 Å². The molecule has 0 aliphatic heterocycles. The zero-order valence-corrected chi connectivity index (χ0v) is 45.9. The van der Waals surface area contributed by atoms with E-state index in [1.165, 1.54) is 57.8 Å². The number of unbranched alkanes of at least 4 members (excludes halogenated alkanes) is 1. The van der Waals surface area contributed by atoms with Crippen LogP contribution < -0.4 is 26.0 Å². The maximum absolute atomic E-state index is 12.7. The Morgan fingerprint density at radius 2 is 1.27 bits per heavy atom. The molecule has 0 saturated heterocycles. The number of rotatable bonds is 28. The highest BCUT2D eigenvalue weighted by Crippen LogP contribution is 2.67. The topological polar surface area (TPSA) is 163 Å². The number of carbonyl (C=O) groups is 4. The van der Waals surface area contributed by atoms with E-state index in [9.17, 15) is 19.2 Å². The van der Waals surface area contributed by atoms with Crippen LogP contribution in [0.3, 0.4) is 0 Å². The summed E-state index contributed by atoms with van der Waals surface area (Å²) in [5.41, 5.74) is 2.86. The zero-order valence-electron chi connectivity index (χ0n) is 45.9. The van der Waals surface area contributed by atoms with E-state index in [0.29, 0.717) is 95.4 Å². The molecule has 7 unspecified atom stereocenters. The first kappa shape index (κ1) is 62.4. The summed E-state index contributed by atoms with van der Waals surface area (Å²) in [4.78, 5) is 49.0. The molecular weight excluding hydrogens is 885 g/mol. The van der Waals surface area contributed by atoms with Gasteiger partial charge in [-0.1, -0.05) is 100 Å². The van der Waals surface area contributed by atoms with Gasteiger partial charge in [0.05, 0.1) is 40.1 Å². The minimum Gasteiger partial charge on any atom is -0.497 e. The molecule has 4 N–H and O–H groups in total. The molecule has 0 bridgehead atoms. The van der Waals surface area contributed by atoms with Crippen LogP contribution in [0.15, 0.2) is 35.9 Å². The smallest absolute Gasteiger partial charge is 0.407 e. The zero-order chi connectivity index (χ0) is 51.8. The van der Waals surface area contributed by atoms with E-state index >= 15 is 0 Å². The fraction of sp³-hybridized carbons (Fsp3) is 0.789. The van der Waals surface area contributed by atoms with Crippen LogP contribution in [-0.2, 0) is 28.5 Å². The Morgan fingerprint density at radius 1 is 0.657 bits per heavy atom. The normalized spacial score (nSPS) is 23.9. The predicted octanol–water partition coefficient (Wildman–Crippen LogP) is 11.2. The molecule has 0 radical (unpaired) electrons. The third-order valence-corrected chi connectivity index (χ3v) is 15.1. The van der Waals surface area contributed by atoms with Gasteiger partial charge in [0.25, 0.3) is 5.91 Å². The molecule has 0 heterocycles. The van der Waals surface area contributed by atoms with Crippen LogP contribution in [0.2, 0.25) is 0 Å². The SMILES string of the molecule is CC.CC.CC.COc1ccc(C(=O)NCCCNC(=O)CCC(=O)NCCOCCOCCOCCCNC(=O)OC2CCC3(C)C(=CCC4C3CCC3(C)C(CCCCC(C)C)CCC43)C2)cc1. The lowest BCUT2D eigenvalue weighted by Gasteiger charge is -2.58. The number of ether oxygens (including phenoxy) is 5. The number of allylic oxidation sites excluding steroid dienone is 1. The number of fused-ring (bicyclic) bond motifs is 5. The average Bonchev–Trinajstić information content (AvgIpc) is 3.72. The summed E-state index contributed by atoms with van der Waals surface area (Å²) in [6.45, 7) is 26.1. The molecule has 1 aromatic rings. The van der Waals surface area contributed by atoms with Gasteiger partial charge < -0.3 is 45.0 Å². The minimum absolute atomic E-state index is 0.0500. The van der Waals surface area contributed by atoms with E-state index in [1.807, 2.05) is 41.5 Å². The second-order valence-corrected chi connectivity index (χ2v) is 19.7. The van der Waals surface area contributed by atoms with E-state index < -0.39 is 0 Å². The standard InChI is InChI=1S/C51H82N4O9.3C2H6/c1-37(2)10-6-7-11-39-15-19-44-43-18-14-40-36-42(22-24-51(40,4)45(43)23-25-50(39,44)3)64-49(59)55-28-9-30-61-32-34-63-35-33-62-31-29-53-47(57)21-20-46(56)52-26-8-27-54-48(58)38-12-16-41(60-5)17-13-38;3*1-2/h12-14,16-17,37,39,42-45H,6-11,15,18-36H2,1-5H3,(H,52,56)(H,53,57)(H,54,58)(H,55,59);3*1-2H3. The summed E-state index contributed by atoms with van der Waals surface area (Å²) in [6.07, 6.45) is 19.0. The molecule has 402 valence electrons. The molecule has 0 spiro atoms. The molecule has 13 heteroatoms. The molecule has 5 rings (SSSR count). The van der Waals surface area contributed by atoms with Crippen molar-refractivity contribution in [2.24, 2.45) is 40.4 Å². The molecular formula is C57H100N4O9. The highest BCUT2D eigenvalue weighted by atomic mass is 16.6. The number of carbonyl (C=O) groups excluding carboxylic acids is 4. The molecule has 7 atom stereocenters. The van der Waals surface area contributed by atoms with Gasteiger partial charge in [-0.2, -0.15) is 0 Å². The van der Waals surface area contributed by atoms with Crippen molar-refractivity contribution in [1.29, 1.82) is 0 Å². The summed E-state index contributed by atoms with van der Waals surface area (Å²) in [6, 6.07) is 6.83. The molecule has 3 fully saturated rings. The molecule has 13 nitrogen and oxygen atoms in total. The molecule has 4 aliphatic carbocycles. The van der Waals surface area contributed by atoms with Gasteiger partial charge in [0.15, 0.2) is 0 Å². The summed E-state index contributed by atoms with van der Waals surface area (Å²) in [5.74, 6) is 4.24. The number of hydrogen-bond acceptors (Lipinski definition) is 9. The van der Waals surface area contributed by atoms with Crippen LogP contribution in [0.5, 0.6) is 5.75 Å². The predicted molar refractivity (Wildman–Crippen MR) is 283 cm³/mol. The second kappa shape index (κ2) is 35.4. The van der Waals surface area contributed by atoms with Crippen LogP contribution in [0.25, 0.3) is 0 Å². The maximum Gasteiger partial charge on any atom is 0.407 e. The van der Waals surface area contributed by atoms with E-state index in [2.05, 4.69) is 55.0 Å². The third-order valence-electron chi connectivity index (χ3n) is 15.1. The highest BCUT2D eigenvalue weighted by molar-refractivity contribution is 5.94. The van der Waals surface area contributed by atoms with Gasteiger partial charge in [-0.25, -0.2) is 4.79 Å². The fourth-order valence-corrected chi connectivity index (χ4v) is 11.4. The number of methoxy groups -OCH3 is 1. The van der Waals surface area contributed by atoms with Gasteiger partial charge in [0, 0.05) is 57.6 Å². The number of amides is 4. The summed E-state index contributed by atoms with van der Waals surface area (Å²) < 4.78 is 27.8. The Hall–Kier alpha value is -3.68. The van der Waals surface area contributed by atoms with Crippen molar-refractivity contribution in [3.8, 4) is 5.75 Å². The molecule has 3 saturated carbocycles. The Morgan fingerprint density at radius 3 is 1.93 bits per heavy atom. The molecule has 0 aromatic heterocycles. The van der Waals surface area contributed by atoms with Crippen LogP contribution in [0, 0.1) is 40.4 Å². The van der Waals surface area contributed by atoms with Gasteiger partial charge >= 0.3 is 6.09 Å². The Bertz CT molecular complexity index is 1640. The lowest BCUT2D eigenvalue weighted by atomic mass is 9.47. The summed E-state index contributed by atoms with van der Waals surface area (Å²) in [7, 11) is 1.57. The first-order chi connectivity index (χ1) is 33.9. The second-order valence-electron chi connectivity index (χ2n) is 19.7.